The highest BCUT2D eigenvalue weighted by Gasteiger charge is 2.23. The maximum Gasteiger partial charge on any atom is 0.258 e. The van der Waals surface area contributed by atoms with Crippen molar-refractivity contribution < 1.29 is 9.26 Å². The molecule has 0 amide bonds. The van der Waals surface area contributed by atoms with E-state index in [-0.39, 0.29) is 5.92 Å². The molecule has 1 fully saturated rings. The Morgan fingerprint density at radius 1 is 1.24 bits per heavy atom. The van der Waals surface area contributed by atoms with Crippen molar-refractivity contribution in [1.82, 2.24) is 15.1 Å². The maximum atomic E-state index is 5.47. The van der Waals surface area contributed by atoms with Crippen LogP contribution in [0.4, 0.5) is 0 Å². The first-order valence-electron chi connectivity index (χ1n) is 7.08. The lowest BCUT2D eigenvalue weighted by Crippen LogP contribution is -1.99. The number of aryl methyl sites for hydroxylation is 1. The van der Waals surface area contributed by atoms with Gasteiger partial charge in [-0.05, 0) is 31.5 Å². The number of nitrogens with zero attached hydrogens (tertiary/aromatic N) is 3. The molecule has 1 aromatic carbocycles. The number of hydrogen-bond donors (Lipinski definition) is 0. The fraction of sp³-hybridized carbons (Fsp3) is 0.312. The molecule has 21 heavy (non-hydrogen) atoms. The number of aromatic nitrogens is 3. The second-order valence-corrected chi connectivity index (χ2v) is 5.40. The predicted molar refractivity (Wildman–Crippen MR) is 77.9 cm³/mol. The lowest BCUT2D eigenvalue weighted by molar-refractivity contribution is 0.192. The first-order valence-corrected chi connectivity index (χ1v) is 7.08. The molecule has 1 saturated heterocycles. The quantitative estimate of drug-likeness (QED) is 0.722. The van der Waals surface area contributed by atoms with Gasteiger partial charge in [-0.1, -0.05) is 16.8 Å². The first kappa shape index (κ1) is 12.5. The van der Waals surface area contributed by atoms with E-state index in [1.54, 1.807) is 6.20 Å². The van der Waals surface area contributed by atoms with Crippen LogP contribution in [-0.4, -0.2) is 28.3 Å². The second-order valence-electron chi connectivity index (χ2n) is 5.40. The van der Waals surface area contributed by atoms with Crippen LogP contribution in [0.15, 0.2) is 35.0 Å². The number of pyridine rings is 1. The fourth-order valence-corrected chi connectivity index (χ4v) is 2.69. The predicted octanol–water partition coefficient (Wildman–Crippen LogP) is 3.10. The third-order valence-corrected chi connectivity index (χ3v) is 3.86. The first-order chi connectivity index (χ1) is 10.3. The molecule has 0 radical (unpaired) electrons. The van der Waals surface area contributed by atoms with E-state index in [1.165, 1.54) is 5.56 Å². The summed E-state index contributed by atoms with van der Waals surface area (Å²) in [5.74, 6) is 1.53. The zero-order valence-electron chi connectivity index (χ0n) is 11.7. The molecule has 1 aliphatic rings. The smallest absolute Gasteiger partial charge is 0.258 e. The molecule has 1 aliphatic heterocycles. The van der Waals surface area contributed by atoms with E-state index in [2.05, 4.69) is 28.1 Å². The highest BCUT2D eigenvalue weighted by atomic mass is 16.5. The minimum absolute atomic E-state index is 0.248. The lowest BCUT2D eigenvalue weighted by Gasteiger charge is -2.03. The maximum absolute atomic E-state index is 5.47. The highest BCUT2D eigenvalue weighted by molar-refractivity contribution is 5.92. The van der Waals surface area contributed by atoms with Gasteiger partial charge in [0.25, 0.3) is 5.89 Å². The largest absolute Gasteiger partial charge is 0.381 e. The van der Waals surface area contributed by atoms with Gasteiger partial charge in [-0.25, -0.2) is 0 Å². The molecule has 5 nitrogen and oxygen atoms in total. The minimum Gasteiger partial charge on any atom is -0.381 e. The van der Waals surface area contributed by atoms with Gasteiger partial charge >= 0.3 is 0 Å². The number of ether oxygens (including phenoxy) is 1. The normalized spacial score (nSPS) is 18.4. The molecular weight excluding hydrogens is 266 g/mol. The van der Waals surface area contributed by atoms with Crippen LogP contribution in [0.2, 0.25) is 0 Å². The molecule has 0 saturated carbocycles. The van der Waals surface area contributed by atoms with Gasteiger partial charge in [0.2, 0.25) is 0 Å². The van der Waals surface area contributed by atoms with Crippen molar-refractivity contribution in [3.05, 3.63) is 41.9 Å². The van der Waals surface area contributed by atoms with Crippen LogP contribution in [0.3, 0.4) is 0 Å². The van der Waals surface area contributed by atoms with E-state index < -0.39 is 0 Å². The monoisotopic (exact) mass is 281 g/mol. The number of rotatable bonds is 2. The Morgan fingerprint density at radius 3 is 3.05 bits per heavy atom. The molecule has 106 valence electrons. The van der Waals surface area contributed by atoms with Gasteiger partial charge in [-0.15, -0.1) is 0 Å². The summed E-state index contributed by atoms with van der Waals surface area (Å²) in [5.41, 5.74) is 3.05. The Bertz CT molecular complexity index is 791. The molecule has 5 heteroatoms. The Morgan fingerprint density at radius 2 is 2.19 bits per heavy atom. The number of benzene rings is 1. The molecule has 0 spiro atoms. The molecule has 2 aromatic heterocycles. The molecular formula is C16H15N3O2. The Balaban J connectivity index is 1.81. The number of hydrogen-bond acceptors (Lipinski definition) is 5. The van der Waals surface area contributed by atoms with Crippen LogP contribution >= 0.6 is 0 Å². The molecule has 0 N–H and O–H groups in total. The van der Waals surface area contributed by atoms with Crippen molar-refractivity contribution in [3.8, 4) is 11.5 Å². The summed E-state index contributed by atoms with van der Waals surface area (Å²) in [6.07, 6.45) is 2.73. The Hall–Kier alpha value is -2.27. The number of fused-ring (bicyclic) bond motifs is 1. The van der Waals surface area contributed by atoms with Crippen molar-refractivity contribution in [2.24, 2.45) is 0 Å². The molecule has 3 heterocycles. The third-order valence-electron chi connectivity index (χ3n) is 3.86. The summed E-state index contributed by atoms with van der Waals surface area (Å²) in [6.45, 7) is 3.51. The summed E-state index contributed by atoms with van der Waals surface area (Å²) in [4.78, 5) is 8.94. The van der Waals surface area contributed by atoms with E-state index in [0.29, 0.717) is 12.5 Å². The topological polar surface area (TPSA) is 61.0 Å². The summed E-state index contributed by atoms with van der Waals surface area (Å²) in [5, 5.41) is 5.15. The molecule has 0 bridgehead atoms. The van der Waals surface area contributed by atoms with E-state index >= 15 is 0 Å². The van der Waals surface area contributed by atoms with Crippen LogP contribution in [0.25, 0.3) is 22.4 Å². The van der Waals surface area contributed by atoms with E-state index in [9.17, 15) is 0 Å². The third kappa shape index (κ3) is 2.19. The average Bonchev–Trinajstić information content (AvgIpc) is 3.17. The summed E-state index contributed by atoms with van der Waals surface area (Å²) in [7, 11) is 0. The molecule has 0 aliphatic carbocycles. The minimum atomic E-state index is 0.248. The Labute approximate surface area is 122 Å². The van der Waals surface area contributed by atoms with Gasteiger partial charge in [0, 0.05) is 24.1 Å². The highest BCUT2D eigenvalue weighted by Crippen LogP contribution is 2.29. The van der Waals surface area contributed by atoms with Crippen molar-refractivity contribution >= 4 is 10.9 Å². The van der Waals surface area contributed by atoms with Crippen LogP contribution in [0, 0.1) is 6.92 Å². The van der Waals surface area contributed by atoms with E-state index in [1.807, 2.05) is 18.2 Å². The second kappa shape index (κ2) is 4.93. The van der Waals surface area contributed by atoms with Crippen LogP contribution in [-0.2, 0) is 4.74 Å². The van der Waals surface area contributed by atoms with Crippen molar-refractivity contribution in [3.63, 3.8) is 0 Å². The van der Waals surface area contributed by atoms with Crippen LogP contribution < -0.4 is 0 Å². The van der Waals surface area contributed by atoms with Crippen molar-refractivity contribution in [1.29, 1.82) is 0 Å². The van der Waals surface area contributed by atoms with Gasteiger partial charge in [0.1, 0.15) is 0 Å². The van der Waals surface area contributed by atoms with Crippen molar-refractivity contribution in [2.75, 3.05) is 13.2 Å². The van der Waals surface area contributed by atoms with Crippen LogP contribution in [0.1, 0.15) is 23.7 Å². The molecule has 1 atom stereocenters. The van der Waals surface area contributed by atoms with Crippen LogP contribution in [0.5, 0.6) is 0 Å². The fourth-order valence-electron chi connectivity index (χ4n) is 2.69. The average molecular weight is 281 g/mol. The Kier molecular flexibility index (Phi) is 2.93. The molecule has 0 unspecified atom stereocenters. The van der Waals surface area contributed by atoms with E-state index in [4.69, 9.17) is 9.26 Å². The van der Waals surface area contributed by atoms with Gasteiger partial charge in [0.05, 0.1) is 17.7 Å². The van der Waals surface area contributed by atoms with Gasteiger partial charge in [-0.3, -0.25) is 4.98 Å². The lowest BCUT2D eigenvalue weighted by atomic mass is 10.1. The van der Waals surface area contributed by atoms with Crippen molar-refractivity contribution in [2.45, 2.75) is 19.3 Å². The molecule has 4 rings (SSSR count). The van der Waals surface area contributed by atoms with E-state index in [0.717, 1.165) is 35.3 Å². The SMILES string of the molecule is Cc1ccc2nccc(-c3nc([C@H]4CCOC4)no3)c2c1. The summed E-state index contributed by atoms with van der Waals surface area (Å²) in [6, 6.07) is 8.08. The van der Waals surface area contributed by atoms with Gasteiger partial charge in [0.15, 0.2) is 5.82 Å². The summed E-state index contributed by atoms with van der Waals surface area (Å²) < 4.78 is 10.8. The molecule has 3 aromatic rings. The zero-order valence-corrected chi connectivity index (χ0v) is 11.7. The van der Waals surface area contributed by atoms with Gasteiger partial charge < -0.3 is 9.26 Å². The summed E-state index contributed by atoms with van der Waals surface area (Å²) >= 11 is 0. The van der Waals surface area contributed by atoms with Gasteiger partial charge in [-0.2, -0.15) is 4.98 Å². The standard InChI is InChI=1S/C16H15N3O2/c1-10-2-3-14-13(8-10)12(4-6-17-14)16-18-15(19-21-16)11-5-7-20-9-11/h2-4,6,8,11H,5,7,9H2,1H3/t11-/m0/s1. The zero-order chi connectivity index (χ0) is 14.2.